The molecule has 8 nitrogen and oxygen atoms in total. The molecule has 1 atom stereocenters. The van der Waals surface area contributed by atoms with Crippen molar-refractivity contribution in [1.82, 2.24) is 15.8 Å². The Morgan fingerprint density at radius 2 is 1.66 bits per heavy atom. The average Bonchev–Trinajstić information content (AvgIpc) is 2.95. The first-order chi connectivity index (χ1) is 15.3. The lowest BCUT2D eigenvalue weighted by atomic mass is 9.53. The molecule has 1 heterocycles. The first-order valence-electron chi connectivity index (χ1n) is 11.9. The van der Waals surface area contributed by atoms with Crippen LogP contribution in [-0.4, -0.2) is 40.5 Å². The van der Waals surface area contributed by atoms with Crippen LogP contribution in [0.5, 0.6) is 0 Å². The van der Waals surface area contributed by atoms with Crippen LogP contribution in [0.15, 0.2) is 24.3 Å². The van der Waals surface area contributed by atoms with Crippen molar-refractivity contribution in [3.05, 3.63) is 24.3 Å². The van der Waals surface area contributed by atoms with Gasteiger partial charge in [-0.2, -0.15) is 5.01 Å². The molecule has 5 fully saturated rings. The standard InChI is InChI=1S/C24H33N5O3/c1-3-23(2)21(31)29(22(32)27-23)28-20(30)14-25-18-6-4-5-7-19(18)26-24-11-15-8-16(12-24)10-17(9-15)13-24/h4-7,15-17,25-26H,3,8-14H2,1-2H3,(H,27,32)(H,28,30). The minimum absolute atomic E-state index is 0.0422. The third-order valence-electron chi connectivity index (χ3n) is 8.01. The molecule has 0 spiro atoms. The summed E-state index contributed by atoms with van der Waals surface area (Å²) < 4.78 is 0. The number of amides is 4. The van der Waals surface area contributed by atoms with Crippen molar-refractivity contribution in [3.63, 3.8) is 0 Å². The van der Waals surface area contributed by atoms with Crippen molar-refractivity contribution in [2.45, 2.75) is 69.9 Å². The number of imide groups is 1. The van der Waals surface area contributed by atoms with E-state index in [-0.39, 0.29) is 12.1 Å². The molecule has 0 aromatic heterocycles. The summed E-state index contributed by atoms with van der Waals surface area (Å²) in [7, 11) is 0. The highest BCUT2D eigenvalue weighted by atomic mass is 16.2. The van der Waals surface area contributed by atoms with Gasteiger partial charge in [0.05, 0.1) is 17.9 Å². The minimum atomic E-state index is -0.980. The van der Waals surface area contributed by atoms with Crippen molar-refractivity contribution >= 4 is 29.2 Å². The summed E-state index contributed by atoms with van der Waals surface area (Å²) in [5.41, 5.74) is 3.49. The maximum atomic E-state index is 12.5. The van der Waals surface area contributed by atoms with E-state index in [0.717, 1.165) is 34.1 Å². The summed E-state index contributed by atoms with van der Waals surface area (Å²) in [5, 5.41) is 10.5. The molecule has 4 N–H and O–H groups in total. The molecule has 172 valence electrons. The summed E-state index contributed by atoms with van der Waals surface area (Å²) in [6.45, 7) is 3.43. The zero-order valence-electron chi connectivity index (χ0n) is 18.9. The highest BCUT2D eigenvalue weighted by Gasteiger charge is 2.51. The zero-order chi connectivity index (χ0) is 22.5. The lowest BCUT2D eigenvalue weighted by Crippen LogP contribution is -2.54. The van der Waals surface area contributed by atoms with Gasteiger partial charge in [-0.25, -0.2) is 4.79 Å². The van der Waals surface area contributed by atoms with Crippen LogP contribution in [0.2, 0.25) is 0 Å². The van der Waals surface area contributed by atoms with Crippen molar-refractivity contribution in [2.75, 3.05) is 17.2 Å². The number of urea groups is 1. The average molecular weight is 440 g/mol. The van der Waals surface area contributed by atoms with Gasteiger partial charge >= 0.3 is 6.03 Å². The number of para-hydroxylation sites is 2. The number of rotatable bonds is 7. The molecule has 8 heteroatoms. The van der Waals surface area contributed by atoms with Gasteiger partial charge in [0.2, 0.25) is 0 Å². The molecule has 1 saturated heterocycles. The van der Waals surface area contributed by atoms with Crippen LogP contribution in [0.25, 0.3) is 0 Å². The van der Waals surface area contributed by atoms with Gasteiger partial charge in [0, 0.05) is 5.54 Å². The van der Waals surface area contributed by atoms with Gasteiger partial charge in [-0.15, -0.1) is 0 Å². The van der Waals surface area contributed by atoms with E-state index in [1.165, 1.54) is 38.5 Å². The normalized spacial score (nSPS) is 35.1. The van der Waals surface area contributed by atoms with Gasteiger partial charge < -0.3 is 16.0 Å². The fourth-order valence-electron chi connectivity index (χ4n) is 6.66. The number of nitrogens with one attached hydrogen (secondary N) is 4. The molecule has 1 aromatic carbocycles. The molecule has 5 aliphatic rings. The van der Waals surface area contributed by atoms with E-state index >= 15 is 0 Å². The fourth-order valence-corrected chi connectivity index (χ4v) is 6.66. The molecule has 4 saturated carbocycles. The van der Waals surface area contributed by atoms with Gasteiger partial charge in [-0.05, 0) is 81.8 Å². The maximum Gasteiger partial charge on any atom is 0.344 e. The Hall–Kier alpha value is -2.77. The zero-order valence-corrected chi connectivity index (χ0v) is 18.9. The topological polar surface area (TPSA) is 103 Å². The van der Waals surface area contributed by atoms with Gasteiger partial charge in [0.1, 0.15) is 5.54 Å². The van der Waals surface area contributed by atoms with Crippen molar-refractivity contribution in [3.8, 4) is 0 Å². The monoisotopic (exact) mass is 439 g/mol. The Balaban J connectivity index is 1.22. The van der Waals surface area contributed by atoms with E-state index in [4.69, 9.17) is 0 Å². The lowest BCUT2D eigenvalue weighted by molar-refractivity contribution is -0.138. The molecule has 1 unspecified atom stereocenters. The summed E-state index contributed by atoms with van der Waals surface area (Å²) in [6, 6.07) is 7.36. The molecule has 4 bridgehead atoms. The van der Waals surface area contributed by atoms with E-state index in [1.807, 2.05) is 25.1 Å². The molecule has 4 aliphatic carbocycles. The third kappa shape index (κ3) is 3.69. The summed E-state index contributed by atoms with van der Waals surface area (Å²) in [6.07, 6.45) is 8.32. The predicted molar refractivity (Wildman–Crippen MR) is 122 cm³/mol. The number of hydrogen-bond acceptors (Lipinski definition) is 5. The Labute approximate surface area is 188 Å². The molecule has 6 rings (SSSR count). The highest BCUT2D eigenvalue weighted by molar-refractivity contribution is 6.07. The van der Waals surface area contributed by atoms with Crippen LogP contribution in [0, 0.1) is 17.8 Å². The van der Waals surface area contributed by atoms with E-state index in [2.05, 4.69) is 27.4 Å². The number of carbonyl (C=O) groups is 3. The first kappa shape index (κ1) is 21.1. The van der Waals surface area contributed by atoms with Gasteiger partial charge in [0.15, 0.2) is 0 Å². The second-order valence-corrected chi connectivity index (χ2v) is 10.5. The molecule has 32 heavy (non-hydrogen) atoms. The Kier molecular flexibility index (Phi) is 5.06. The van der Waals surface area contributed by atoms with Gasteiger partial charge in [-0.3, -0.25) is 15.0 Å². The first-order valence-corrected chi connectivity index (χ1v) is 11.9. The maximum absolute atomic E-state index is 12.5. The number of benzene rings is 1. The minimum Gasteiger partial charge on any atom is -0.378 e. The van der Waals surface area contributed by atoms with E-state index in [9.17, 15) is 14.4 Å². The summed E-state index contributed by atoms with van der Waals surface area (Å²) >= 11 is 0. The van der Waals surface area contributed by atoms with Gasteiger partial charge in [-0.1, -0.05) is 19.1 Å². The SMILES string of the molecule is CCC1(C)NC(=O)N(NC(=O)CNc2ccccc2NC23CC4CC(CC(C4)C2)C3)C1=O. The second kappa shape index (κ2) is 7.67. The van der Waals surface area contributed by atoms with E-state index in [1.54, 1.807) is 6.92 Å². The van der Waals surface area contributed by atoms with Crippen LogP contribution in [0.1, 0.15) is 58.8 Å². The molecular weight excluding hydrogens is 406 g/mol. The Bertz CT molecular complexity index is 912. The van der Waals surface area contributed by atoms with Crippen LogP contribution < -0.4 is 21.4 Å². The molecular formula is C24H33N5O3. The van der Waals surface area contributed by atoms with Crippen LogP contribution in [0.4, 0.5) is 16.2 Å². The van der Waals surface area contributed by atoms with Crippen LogP contribution in [0.3, 0.4) is 0 Å². The number of hydrazine groups is 1. The van der Waals surface area contributed by atoms with Crippen molar-refractivity contribution in [2.24, 2.45) is 17.8 Å². The number of anilines is 2. The fraction of sp³-hybridized carbons (Fsp3) is 0.625. The highest BCUT2D eigenvalue weighted by Crippen LogP contribution is 2.56. The number of nitrogens with zero attached hydrogens (tertiary/aromatic N) is 1. The second-order valence-electron chi connectivity index (χ2n) is 10.5. The predicted octanol–water partition coefficient (Wildman–Crippen LogP) is 3.23. The van der Waals surface area contributed by atoms with Crippen LogP contribution >= 0.6 is 0 Å². The number of carbonyl (C=O) groups excluding carboxylic acids is 3. The third-order valence-corrected chi connectivity index (χ3v) is 8.01. The molecule has 4 amide bonds. The molecule has 1 aliphatic heterocycles. The lowest BCUT2D eigenvalue weighted by Gasteiger charge is -2.57. The van der Waals surface area contributed by atoms with Gasteiger partial charge in [0.25, 0.3) is 11.8 Å². The Morgan fingerprint density at radius 3 is 2.22 bits per heavy atom. The van der Waals surface area contributed by atoms with Crippen LogP contribution in [-0.2, 0) is 9.59 Å². The van der Waals surface area contributed by atoms with Crippen molar-refractivity contribution in [1.29, 1.82) is 0 Å². The smallest absolute Gasteiger partial charge is 0.344 e. The largest absolute Gasteiger partial charge is 0.378 e. The quantitative estimate of drug-likeness (QED) is 0.489. The number of hydrogen-bond donors (Lipinski definition) is 4. The molecule has 1 aromatic rings. The Morgan fingerprint density at radius 1 is 1.06 bits per heavy atom. The van der Waals surface area contributed by atoms with E-state index < -0.39 is 23.4 Å². The van der Waals surface area contributed by atoms with Crippen molar-refractivity contribution < 1.29 is 14.4 Å². The van der Waals surface area contributed by atoms with E-state index in [0.29, 0.717) is 6.42 Å². The summed E-state index contributed by atoms with van der Waals surface area (Å²) in [5.74, 6) is 1.65. The molecule has 0 radical (unpaired) electrons. The summed E-state index contributed by atoms with van der Waals surface area (Å²) in [4.78, 5) is 37.1.